The molecular weight excluding hydrogens is 789 g/mol. The summed E-state index contributed by atoms with van der Waals surface area (Å²) in [4.78, 5) is 13.7. The molecule has 14 heteroatoms. The van der Waals surface area contributed by atoms with E-state index in [4.69, 9.17) is 51.8 Å². The van der Waals surface area contributed by atoms with Crippen LogP contribution < -0.4 is 0 Å². The summed E-state index contributed by atoms with van der Waals surface area (Å²) >= 11 is 0. The predicted molar refractivity (Wildman–Crippen MR) is 225 cm³/mol. The van der Waals surface area contributed by atoms with Crippen molar-refractivity contribution < 1.29 is 61.7 Å². The van der Waals surface area contributed by atoms with Crippen LogP contribution in [0.1, 0.15) is 111 Å². The van der Waals surface area contributed by atoms with Gasteiger partial charge in [0.15, 0.2) is 38.6 Å². The molecule has 60 heavy (non-hydrogen) atoms. The number of hydrogen-bond donors (Lipinski definition) is 1. The third-order valence-corrected chi connectivity index (χ3v) is 16.5. The van der Waals surface area contributed by atoms with Crippen LogP contribution in [0.3, 0.4) is 0 Å². The van der Waals surface area contributed by atoms with Gasteiger partial charge in [0.05, 0.1) is 19.8 Å². The van der Waals surface area contributed by atoms with Crippen LogP contribution in [0.4, 0.5) is 0 Å². The maximum Gasteiger partial charge on any atom is 0.306 e. The molecule has 0 amide bonds. The van der Waals surface area contributed by atoms with Crippen LogP contribution in [0.25, 0.3) is 0 Å². The monoisotopic (exact) mass is 858 g/mol. The number of aliphatic hydroxyl groups excluding tert-OH is 1. The minimum atomic E-state index is -2.47. The highest BCUT2D eigenvalue weighted by molar-refractivity contribution is 6.74. The first kappa shape index (κ1) is 47.2. The first-order valence-electron chi connectivity index (χ1n) is 21.9. The van der Waals surface area contributed by atoms with Crippen molar-refractivity contribution in [1.29, 1.82) is 0 Å². The average molecular weight is 859 g/mol. The number of benzene rings is 2. The van der Waals surface area contributed by atoms with E-state index in [1.807, 2.05) is 74.5 Å². The molecule has 0 bridgehead atoms. The molecule has 1 N–H and O–H groups in total. The van der Waals surface area contributed by atoms with Crippen molar-refractivity contribution in [3.8, 4) is 0 Å². The second-order valence-corrected chi connectivity index (χ2v) is 23.7. The zero-order valence-electron chi connectivity index (χ0n) is 37.3. The summed E-state index contributed by atoms with van der Waals surface area (Å²) in [6.07, 6.45) is -5.30. The van der Waals surface area contributed by atoms with Crippen LogP contribution in [-0.2, 0) is 63.2 Å². The van der Waals surface area contributed by atoms with Gasteiger partial charge in [-0.25, -0.2) is 0 Å². The van der Waals surface area contributed by atoms with E-state index in [0.29, 0.717) is 6.42 Å². The largest absolute Gasteiger partial charge is 0.454 e. The number of hydrogen-bond acceptors (Lipinski definition) is 13. The first-order chi connectivity index (χ1) is 28.4. The number of esters is 1. The van der Waals surface area contributed by atoms with Crippen molar-refractivity contribution in [2.24, 2.45) is 0 Å². The van der Waals surface area contributed by atoms with Crippen molar-refractivity contribution in [1.82, 2.24) is 0 Å². The predicted octanol–water partition coefficient (Wildman–Crippen LogP) is 8.08. The molecule has 13 nitrogen and oxygen atoms in total. The minimum absolute atomic E-state index is 0.124. The Balaban J connectivity index is 1.31. The second-order valence-electron chi connectivity index (χ2n) is 18.9. The van der Waals surface area contributed by atoms with Gasteiger partial charge in [-0.15, -0.1) is 0 Å². The van der Waals surface area contributed by atoms with Gasteiger partial charge in [0.25, 0.3) is 0 Å². The Morgan fingerprint density at radius 2 is 1.52 bits per heavy atom. The molecule has 11 atom stereocenters. The highest BCUT2D eigenvalue weighted by atomic mass is 28.4. The normalized spacial score (nSPS) is 31.4. The fourth-order valence-electron chi connectivity index (χ4n) is 7.86. The van der Waals surface area contributed by atoms with Gasteiger partial charge in [-0.3, -0.25) is 4.79 Å². The van der Waals surface area contributed by atoms with Gasteiger partial charge in [0.1, 0.15) is 42.7 Å². The Kier molecular flexibility index (Phi) is 15.7. The summed E-state index contributed by atoms with van der Waals surface area (Å²) in [6, 6.07) is 19.4. The molecule has 4 heterocycles. The molecule has 336 valence electrons. The molecule has 0 radical (unpaired) electrons. The number of fused-ring (bicyclic) bond motifs is 1. The third kappa shape index (κ3) is 12.0. The number of rotatable bonds is 18. The molecule has 6 rings (SSSR count). The molecule has 0 saturated carbocycles. The standard InChI is InChI=1S/C46H70O13Si/c1-11-12-13-14-21-26-34(47)53-40-37(49-27-30-22-17-15-18-23-30)35-32(28-50-42(54-35)31-24-19-16-20-25-31)52-43(40)55-41(48)39-38(57-46(7,8)58-39)36(33-29-51-45(5,6)56-33)59-60(9,10)44(2,3)4/h15-20,22-25,32-33,35-43,48H,11-14,21,26-29H2,1-10H3/t32-,33-,35-,36-,37+,38+,39-,40+,41?,42?,43+/m1/s1. The van der Waals surface area contributed by atoms with E-state index >= 15 is 0 Å². The van der Waals surface area contributed by atoms with Gasteiger partial charge in [-0.1, -0.05) is 114 Å². The quantitative estimate of drug-likeness (QED) is 0.0670. The Hall–Kier alpha value is -2.31. The van der Waals surface area contributed by atoms with Crippen LogP contribution >= 0.6 is 0 Å². The maximum atomic E-state index is 13.7. The van der Waals surface area contributed by atoms with E-state index in [1.54, 1.807) is 13.8 Å². The van der Waals surface area contributed by atoms with Crippen LogP contribution in [-0.4, -0.2) is 106 Å². The zero-order chi connectivity index (χ0) is 43.3. The molecule has 2 aromatic carbocycles. The topological polar surface area (TPSA) is 139 Å². The van der Waals surface area contributed by atoms with Crippen LogP contribution in [0.2, 0.25) is 18.1 Å². The van der Waals surface area contributed by atoms with Gasteiger partial charge in [0.2, 0.25) is 6.29 Å². The molecule has 4 aliphatic heterocycles. The molecule has 0 aromatic heterocycles. The first-order valence-corrected chi connectivity index (χ1v) is 24.8. The summed E-state index contributed by atoms with van der Waals surface area (Å²) in [5.41, 5.74) is 1.75. The second kappa shape index (κ2) is 20.0. The Labute approximate surface area is 358 Å². The van der Waals surface area contributed by atoms with E-state index in [1.165, 1.54) is 0 Å². The van der Waals surface area contributed by atoms with Crippen molar-refractivity contribution in [2.45, 2.75) is 198 Å². The van der Waals surface area contributed by atoms with Gasteiger partial charge in [-0.05, 0) is 57.8 Å². The van der Waals surface area contributed by atoms with Gasteiger partial charge in [-0.2, -0.15) is 0 Å². The van der Waals surface area contributed by atoms with E-state index < -0.39 is 93.6 Å². The lowest BCUT2D eigenvalue weighted by Crippen LogP contribution is -2.65. The number of ether oxygens (including phenoxy) is 10. The molecule has 4 saturated heterocycles. The molecule has 0 aliphatic carbocycles. The van der Waals surface area contributed by atoms with Gasteiger partial charge >= 0.3 is 5.97 Å². The molecule has 4 fully saturated rings. The van der Waals surface area contributed by atoms with Crippen molar-refractivity contribution in [3.63, 3.8) is 0 Å². The fourth-order valence-corrected chi connectivity index (χ4v) is 9.18. The molecule has 0 spiro atoms. The lowest BCUT2D eigenvalue weighted by Gasteiger charge is -2.49. The van der Waals surface area contributed by atoms with Crippen molar-refractivity contribution in [2.75, 3.05) is 13.2 Å². The summed E-state index contributed by atoms with van der Waals surface area (Å²) in [7, 11) is -2.47. The molecule has 2 unspecified atom stereocenters. The lowest BCUT2D eigenvalue weighted by molar-refractivity contribution is -0.386. The van der Waals surface area contributed by atoms with Crippen LogP contribution in [0.15, 0.2) is 60.7 Å². The van der Waals surface area contributed by atoms with E-state index in [0.717, 1.165) is 36.8 Å². The summed E-state index contributed by atoms with van der Waals surface area (Å²) in [5, 5.41) is 12.1. The smallest absolute Gasteiger partial charge is 0.306 e. The Morgan fingerprint density at radius 1 is 0.850 bits per heavy atom. The number of carbonyl (C=O) groups excluding carboxylic acids is 1. The third-order valence-electron chi connectivity index (χ3n) is 12.1. The van der Waals surface area contributed by atoms with E-state index in [-0.39, 0.29) is 31.3 Å². The summed E-state index contributed by atoms with van der Waals surface area (Å²) in [5.74, 6) is -2.41. The van der Waals surface area contributed by atoms with Gasteiger partial charge < -0.3 is 56.9 Å². The lowest BCUT2D eigenvalue weighted by atomic mass is 9.96. The highest BCUT2D eigenvalue weighted by Crippen LogP contribution is 2.44. The highest BCUT2D eigenvalue weighted by Gasteiger charge is 2.58. The van der Waals surface area contributed by atoms with E-state index in [2.05, 4.69) is 40.8 Å². The SMILES string of the molecule is CCCCCCCC(=O)O[C@@H]1[C@H](OC(O)[C@@H]2OC(C)(C)O[C@H]2[C@H](O[Si](C)(C)C(C)(C)C)[C@H]2COC(C)(C)O2)O[C@@H]2COC(c3ccccc3)O[C@H]2[C@@H]1OCc1ccccc1. The number of aliphatic hydroxyl groups is 1. The summed E-state index contributed by atoms with van der Waals surface area (Å²) in [6.45, 7) is 20.8. The van der Waals surface area contributed by atoms with Gasteiger partial charge in [0, 0.05) is 12.0 Å². The minimum Gasteiger partial charge on any atom is -0.454 e. The Bertz CT molecular complexity index is 1640. The Morgan fingerprint density at radius 3 is 2.17 bits per heavy atom. The van der Waals surface area contributed by atoms with Crippen molar-refractivity contribution in [3.05, 3.63) is 71.8 Å². The zero-order valence-corrected chi connectivity index (χ0v) is 38.3. The van der Waals surface area contributed by atoms with E-state index in [9.17, 15) is 9.90 Å². The average Bonchev–Trinajstić information content (AvgIpc) is 3.73. The molecule has 2 aromatic rings. The number of unbranched alkanes of at least 4 members (excludes halogenated alkanes) is 4. The van der Waals surface area contributed by atoms with Crippen molar-refractivity contribution >= 4 is 14.3 Å². The fraction of sp³-hybridized carbons (Fsp3) is 0.717. The number of carbonyl (C=O) groups is 1. The maximum absolute atomic E-state index is 13.7. The van der Waals surface area contributed by atoms with Crippen LogP contribution in [0.5, 0.6) is 0 Å². The molecular formula is C46H70O13Si. The van der Waals surface area contributed by atoms with Crippen LogP contribution in [0, 0.1) is 0 Å². The summed E-state index contributed by atoms with van der Waals surface area (Å²) < 4.78 is 71.5. The molecule has 4 aliphatic rings.